The minimum absolute atomic E-state index is 0.191. The van der Waals surface area contributed by atoms with Crippen molar-refractivity contribution < 1.29 is 4.79 Å². The molecule has 0 saturated heterocycles. The summed E-state index contributed by atoms with van der Waals surface area (Å²) in [5.74, 6) is -0.191. The number of nitrogens with zero attached hydrogens (tertiary/aromatic N) is 1. The monoisotopic (exact) mass is 477 g/mol. The number of halogens is 1. The largest absolute Gasteiger partial charge is 0.397 e. The van der Waals surface area contributed by atoms with Gasteiger partial charge in [0.1, 0.15) is 9.71 Å². The molecule has 0 atom stereocenters. The number of nitrogen functional groups attached to an aromatic ring is 1. The Hall–Kier alpha value is -2.70. The minimum Gasteiger partial charge on any atom is -0.397 e. The third-order valence-electron chi connectivity index (χ3n) is 5.55. The van der Waals surface area contributed by atoms with E-state index in [4.69, 9.17) is 10.7 Å². The van der Waals surface area contributed by atoms with Crippen LogP contribution in [0, 0.1) is 0 Å². The number of benzene rings is 2. The van der Waals surface area contributed by atoms with E-state index in [1.54, 1.807) is 0 Å². The molecule has 0 saturated carbocycles. The van der Waals surface area contributed by atoms with Crippen molar-refractivity contribution in [2.75, 3.05) is 11.1 Å². The molecule has 0 aliphatic heterocycles. The highest BCUT2D eigenvalue weighted by molar-refractivity contribution is 9.10. The van der Waals surface area contributed by atoms with Gasteiger partial charge >= 0.3 is 0 Å². The molecule has 5 rings (SSSR count). The summed E-state index contributed by atoms with van der Waals surface area (Å²) in [5, 5.41) is 3.92. The molecule has 6 heteroatoms. The molecule has 2 heterocycles. The fourth-order valence-corrected chi connectivity index (χ4v) is 5.42. The molecule has 0 bridgehead atoms. The first-order valence-corrected chi connectivity index (χ1v) is 11.6. The SMILES string of the molecule is Nc1c(C(=O)Nc2ccc(Br)cc2)sc2nc(-c3ccccc3)c3c(c12)CCCC3. The van der Waals surface area contributed by atoms with Crippen LogP contribution in [0.25, 0.3) is 21.5 Å². The number of thiophene rings is 1. The normalized spacial score (nSPS) is 13.2. The number of carbonyl (C=O) groups excluding carboxylic acids is 1. The molecule has 1 amide bonds. The van der Waals surface area contributed by atoms with Gasteiger partial charge in [-0.3, -0.25) is 4.79 Å². The lowest BCUT2D eigenvalue weighted by Crippen LogP contribution is -2.12. The summed E-state index contributed by atoms with van der Waals surface area (Å²) in [6.45, 7) is 0. The minimum atomic E-state index is -0.191. The Bertz CT molecular complexity index is 1250. The fourth-order valence-electron chi connectivity index (χ4n) is 4.14. The number of anilines is 2. The van der Waals surface area contributed by atoms with Crippen LogP contribution in [0.2, 0.25) is 0 Å². The average molecular weight is 478 g/mol. The molecule has 0 radical (unpaired) electrons. The summed E-state index contributed by atoms with van der Waals surface area (Å²) in [6.07, 6.45) is 4.26. The van der Waals surface area contributed by atoms with E-state index in [-0.39, 0.29) is 5.91 Å². The molecule has 150 valence electrons. The van der Waals surface area contributed by atoms with E-state index in [0.717, 1.165) is 57.3 Å². The summed E-state index contributed by atoms with van der Waals surface area (Å²) in [4.78, 5) is 19.4. The molecule has 2 aromatic carbocycles. The molecule has 0 spiro atoms. The molecule has 1 aliphatic rings. The van der Waals surface area contributed by atoms with Gasteiger partial charge in [0.2, 0.25) is 0 Å². The second-order valence-electron chi connectivity index (χ2n) is 7.48. The van der Waals surface area contributed by atoms with E-state index in [1.165, 1.54) is 22.5 Å². The number of hydrogen-bond acceptors (Lipinski definition) is 4. The molecule has 2 aromatic heterocycles. The van der Waals surface area contributed by atoms with Gasteiger partial charge in [-0.05, 0) is 61.1 Å². The van der Waals surface area contributed by atoms with Gasteiger partial charge in [0.15, 0.2) is 0 Å². The van der Waals surface area contributed by atoms with Crippen molar-refractivity contribution in [3.05, 3.63) is 75.1 Å². The third kappa shape index (κ3) is 3.40. The Labute approximate surface area is 187 Å². The quantitative estimate of drug-likeness (QED) is 0.356. The van der Waals surface area contributed by atoms with Crippen molar-refractivity contribution in [3.63, 3.8) is 0 Å². The van der Waals surface area contributed by atoms with Crippen molar-refractivity contribution in [1.29, 1.82) is 0 Å². The number of aromatic nitrogens is 1. The number of amides is 1. The van der Waals surface area contributed by atoms with Crippen molar-refractivity contribution in [2.45, 2.75) is 25.7 Å². The lowest BCUT2D eigenvalue weighted by atomic mass is 9.87. The lowest BCUT2D eigenvalue weighted by Gasteiger charge is -2.20. The number of pyridine rings is 1. The highest BCUT2D eigenvalue weighted by Gasteiger charge is 2.25. The molecule has 4 aromatic rings. The van der Waals surface area contributed by atoms with Crippen LogP contribution in [0.1, 0.15) is 33.6 Å². The average Bonchev–Trinajstić information content (AvgIpc) is 3.12. The second kappa shape index (κ2) is 7.85. The number of nitrogens with one attached hydrogen (secondary N) is 1. The maximum atomic E-state index is 13.0. The van der Waals surface area contributed by atoms with Crippen LogP contribution in [-0.4, -0.2) is 10.9 Å². The van der Waals surface area contributed by atoms with Gasteiger partial charge in [-0.2, -0.15) is 0 Å². The maximum Gasteiger partial charge on any atom is 0.267 e. The van der Waals surface area contributed by atoms with E-state index < -0.39 is 0 Å². The highest BCUT2D eigenvalue weighted by Crippen LogP contribution is 2.42. The zero-order chi connectivity index (χ0) is 20.7. The molecule has 30 heavy (non-hydrogen) atoms. The first-order chi connectivity index (χ1) is 14.6. The molecule has 1 aliphatic carbocycles. The zero-order valence-corrected chi connectivity index (χ0v) is 18.6. The standard InChI is InChI=1S/C24H20BrN3OS/c25-15-10-12-16(13-11-15)27-23(29)22-20(26)19-17-8-4-5-9-18(17)21(28-24(19)30-22)14-6-2-1-3-7-14/h1-3,6-7,10-13H,4-5,8-9,26H2,(H,27,29). The summed E-state index contributed by atoms with van der Waals surface area (Å²) in [7, 11) is 0. The topological polar surface area (TPSA) is 68.0 Å². The summed E-state index contributed by atoms with van der Waals surface area (Å²) < 4.78 is 0.964. The van der Waals surface area contributed by atoms with Gasteiger partial charge in [-0.25, -0.2) is 4.98 Å². The molecular formula is C24H20BrN3OS. The van der Waals surface area contributed by atoms with E-state index in [9.17, 15) is 4.79 Å². The summed E-state index contributed by atoms with van der Waals surface area (Å²) >= 11 is 4.79. The molecular weight excluding hydrogens is 458 g/mol. The van der Waals surface area contributed by atoms with Gasteiger partial charge in [-0.15, -0.1) is 11.3 Å². The predicted molar refractivity (Wildman–Crippen MR) is 128 cm³/mol. The number of carbonyl (C=O) groups is 1. The summed E-state index contributed by atoms with van der Waals surface area (Å²) in [6, 6.07) is 17.8. The summed E-state index contributed by atoms with van der Waals surface area (Å²) in [5.41, 5.74) is 12.5. The number of rotatable bonds is 3. The van der Waals surface area contributed by atoms with Gasteiger partial charge in [-0.1, -0.05) is 46.3 Å². The molecule has 3 N–H and O–H groups in total. The fraction of sp³-hybridized carbons (Fsp3) is 0.167. The first kappa shape index (κ1) is 19.3. The number of nitrogens with two attached hydrogens (primary N) is 1. The van der Waals surface area contributed by atoms with Gasteiger partial charge < -0.3 is 11.1 Å². The van der Waals surface area contributed by atoms with Crippen LogP contribution in [0.15, 0.2) is 59.1 Å². The van der Waals surface area contributed by atoms with E-state index in [0.29, 0.717) is 10.6 Å². The number of fused-ring (bicyclic) bond motifs is 3. The highest BCUT2D eigenvalue weighted by atomic mass is 79.9. The van der Waals surface area contributed by atoms with Crippen LogP contribution >= 0.6 is 27.3 Å². The van der Waals surface area contributed by atoms with E-state index >= 15 is 0 Å². The van der Waals surface area contributed by atoms with Gasteiger partial charge in [0.25, 0.3) is 5.91 Å². The van der Waals surface area contributed by atoms with Crippen molar-refractivity contribution in [2.24, 2.45) is 0 Å². The maximum absolute atomic E-state index is 13.0. The van der Waals surface area contributed by atoms with E-state index in [2.05, 4.69) is 33.4 Å². The first-order valence-electron chi connectivity index (χ1n) is 9.98. The Morgan fingerprint density at radius 3 is 2.43 bits per heavy atom. The van der Waals surface area contributed by atoms with Gasteiger partial charge in [0.05, 0.1) is 11.4 Å². The van der Waals surface area contributed by atoms with Gasteiger partial charge in [0, 0.05) is 21.1 Å². The Morgan fingerprint density at radius 2 is 1.70 bits per heavy atom. The Balaban J connectivity index is 1.63. The zero-order valence-electron chi connectivity index (χ0n) is 16.2. The molecule has 4 nitrogen and oxygen atoms in total. The molecule has 0 unspecified atom stereocenters. The number of hydrogen-bond donors (Lipinski definition) is 2. The van der Waals surface area contributed by atoms with Crippen molar-refractivity contribution in [3.8, 4) is 11.3 Å². The smallest absolute Gasteiger partial charge is 0.267 e. The van der Waals surface area contributed by atoms with Crippen molar-refractivity contribution >= 4 is 54.8 Å². The molecule has 0 fully saturated rings. The van der Waals surface area contributed by atoms with Crippen LogP contribution in [0.4, 0.5) is 11.4 Å². The predicted octanol–water partition coefficient (Wildman–Crippen LogP) is 6.44. The second-order valence-corrected chi connectivity index (χ2v) is 9.39. The van der Waals surface area contributed by atoms with Crippen molar-refractivity contribution in [1.82, 2.24) is 4.98 Å². The third-order valence-corrected chi connectivity index (χ3v) is 7.18. The lowest BCUT2D eigenvalue weighted by molar-refractivity contribution is 0.103. The number of aryl methyl sites for hydroxylation is 1. The Morgan fingerprint density at radius 1 is 1.00 bits per heavy atom. The van der Waals surface area contributed by atoms with Crippen LogP contribution < -0.4 is 11.1 Å². The van der Waals surface area contributed by atoms with Crippen LogP contribution in [0.5, 0.6) is 0 Å². The van der Waals surface area contributed by atoms with E-state index in [1.807, 2.05) is 42.5 Å². The Kier molecular flexibility index (Phi) is 5.05. The van der Waals surface area contributed by atoms with Crippen LogP contribution in [0.3, 0.4) is 0 Å². The van der Waals surface area contributed by atoms with Crippen LogP contribution in [-0.2, 0) is 12.8 Å².